The molecule has 0 aliphatic carbocycles. The lowest BCUT2D eigenvalue weighted by molar-refractivity contribution is -0.116. The number of nitrogens with zero attached hydrogens (tertiary/aromatic N) is 2. The van der Waals surface area contributed by atoms with E-state index in [2.05, 4.69) is 10.2 Å². The van der Waals surface area contributed by atoms with Crippen LogP contribution >= 0.6 is 0 Å². The summed E-state index contributed by atoms with van der Waals surface area (Å²) >= 11 is 0. The Morgan fingerprint density at radius 2 is 1.56 bits per heavy atom. The van der Waals surface area contributed by atoms with E-state index in [1.807, 2.05) is 73.3 Å². The fourth-order valence-electron chi connectivity index (χ4n) is 3.27. The molecular weight excluding hydrogens is 338 g/mol. The number of benzene rings is 2. The molecule has 2 aromatic rings. The second kappa shape index (κ2) is 8.71. The molecule has 1 aliphatic rings. The van der Waals surface area contributed by atoms with Gasteiger partial charge in [-0.05, 0) is 42.3 Å². The number of carbonyl (C=O) groups is 2. The van der Waals surface area contributed by atoms with E-state index in [0.29, 0.717) is 25.4 Å². The third kappa shape index (κ3) is 5.09. The maximum atomic E-state index is 12.5. The van der Waals surface area contributed by atoms with Gasteiger partial charge in [0.1, 0.15) is 0 Å². The van der Waals surface area contributed by atoms with Crippen LogP contribution in [0.25, 0.3) is 0 Å². The summed E-state index contributed by atoms with van der Waals surface area (Å²) in [4.78, 5) is 28.6. The monoisotopic (exact) mass is 365 g/mol. The van der Waals surface area contributed by atoms with Crippen molar-refractivity contribution in [3.63, 3.8) is 0 Å². The highest BCUT2D eigenvalue weighted by molar-refractivity contribution is 5.94. The Morgan fingerprint density at radius 3 is 2.15 bits per heavy atom. The Balaban J connectivity index is 1.53. The molecule has 1 saturated heterocycles. The van der Waals surface area contributed by atoms with Gasteiger partial charge in [0, 0.05) is 49.5 Å². The van der Waals surface area contributed by atoms with Crippen LogP contribution in [0.2, 0.25) is 0 Å². The van der Waals surface area contributed by atoms with Gasteiger partial charge in [-0.1, -0.05) is 32.0 Å². The van der Waals surface area contributed by atoms with E-state index >= 15 is 0 Å². The zero-order chi connectivity index (χ0) is 19.2. The van der Waals surface area contributed by atoms with E-state index in [1.165, 1.54) is 0 Å². The highest BCUT2D eigenvalue weighted by Crippen LogP contribution is 2.20. The minimum Gasteiger partial charge on any atom is -0.368 e. The molecule has 1 fully saturated rings. The summed E-state index contributed by atoms with van der Waals surface area (Å²) in [6.45, 7) is 7.09. The topological polar surface area (TPSA) is 52.7 Å². The number of rotatable bonds is 5. The molecule has 0 atom stereocenters. The second-order valence-electron chi connectivity index (χ2n) is 7.34. The molecule has 0 saturated carbocycles. The smallest absolute Gasteiger partial charge is 0.253 e. The van der Waals surface area contributed by atoms with Gasteiger partial charge >= 0.3 is 0 Å². The van der Waals surface area contributed by atoms with Gasteiger partial charge in [0.2, 0.25) is 5.91 Å². The molecule has 1 N–H and O–H groups in total. The highest BCUT2D eigenvalue weighted by atomic mass is 16.2. The van der Waals surface area contributed by atoms with Crippen molar-refractivity contribution in [1.82, 2.24) is 4.90 Å². The van der Waals surface area contributed by atoms with Crippen LogP contribution in [0.5, 0.6) is 0 Å². The molecule has 1 heterocycles. The van der Waals surface area contributed by atoms with E-state index in [9.17, 15) is 9.59 Å². The van der Waals surface area contributed by atoms with E-state index in [1.54, 1.807) is 0 Å². The fourth-order valence-corrected chi connectivity index (χ4v) is 3.27. The lowest BCUT2D eigenvalue weighted by Gasteiger charge is -2.36. The fraction of sp³-hybridized carbons (Fsp3) is 0.364. The SMILES string of the molecule is CC(C)CC(=O)Nc1ccc(N2CCN(C(=O)c3ccccc3)CC2)cc1. The predicted octanol–water partition coefficient (Wildman–Crippen LogP) is 3.63. The van der Waals surface area contributed by atoms with Gasteiger partial charge < -0.3 is 15.1 Å². The molecule has 0 spiro atoms. The van der Waals surface area contributed by atoms with Crippen molar-refractivity contribution < 1.29 is 9.59 Å². The summed E-state index contributed by atoms with van der Waals surface area (Å²) in [6, 6.07) is 17.4. The zero-order valence-electron chi connectivity index (χ0n) is 16.0. The van der Waals surface area contributed by atoms with Gasteiger partial charge in [0.05, 0.1) is 0 Å². The Morgan fingerprint density at radius 1 is 0.926 bits per heavy atom. The highest BCUT2D eigenvalue weighted by Gasteiger charge is 2.22. The van der Waals surface area contributed by atoms with Gasteiger partial charge in [-0.2, -0.15) is 0 Å². The quantitative estimate of drug-likeness (QED) is 0.880. The molecule has 0 aromatic heterocycles. The molecule has 1 aliphatic heterocycles. The molecule has 5 heteroatoms. The molecule has 2 aromatic carbocycles. The predicted molar refractivity (Wildman–Crippen MR) is 109 cm³/mol. The Labute approximate surface area is 161 Å². The molecule has 142 valence electrons. The van der Waals surface area contributed by atoms with Crippen LogP contribution in [0, 0.1) is 5.92 Å². The van der Waals surface area contributed by atoms with Crippen molar-refractivity contribution in [2.24, 2.45) is 5.92 Å². The number of hydrogen-bond acceptors (Lipinski definition) is 3. The van der Waals surface area contributed by atoms with Crippen LogP contribution in [-0.2, 0) is 4.79 Å². The van der Waals surface area contributed by atoms with Crippen molar-refractivity contribution in [3.05, 3.63) is 60.2 Å². The summed E-state index contributed by atoms with van der Waals surface area (Å²) in [5.41, 5.74) is 2.68. The first-order valence-corrected chi connectivity index (χ1v) is 9.52. The van der Waals surface area contributed by atoms with Gasteiger partial charge in [0.25, 0.3) is 5.91 Å². The average molecular weight is 365 g/mol. The maximum absolute atomic E-state index is 12.5. The Kier molecular flexibility index (Phi) is 6.12. The molecule has 0 radical (unpaired) electrons. The van der Waals surface area contributed by atoms with Crippen molar-refractivity contribution in [1.29, 1.82) is 0 Å². The Bertz CT molecular complexity index is 764. The van der Waals surface area contributed by atoms with Crippen molar-refractivity contribution in [2.45, 2.75) is 20.3 Å². The van der Waals surface area contributed by atoms with E-state index < -0.39 is 0 Å². The normalized spacial score (nSPS) is 14.3. The van der Waals surface area contributed by atoms with Crippen LogP contribution in [0.3, 0.4) is 0 Å². The van der Waals surface area contributed by atoms with Crippen LogP contribution in [0.15, 0.2) is 54.6 Å². The minimum absolute atomic E-state index is 0.0470. The molecule has 5 nitrogen and oxygen atoms in total. The van der Waals surface area contributed by atoms with E-state index in [-0.39, 0.29) is 11.8 Å². The first-order chi connectivity index (χ1) is 13.0. The minimum atomic E-state index is 0.0470. The number of amides is 2. The molecule has 0 bridgehead atoms. The zero-order valence-corrected chi connectivity index (χ0v) is 16.0. The number of piperazine rings is 1. The van der Waals surface area contributed by atoms with Gasteiger partial charge in [-0.15, -0.1) is 0 Å². The van der Waals surface area contributed by atoms with Crippen LogP contribution in [-0.4, -0.2) is 42.9 Å². The first-order valence-electron chi connectivity index (χ1n) is 9.52. The summed E-state index contributed by atoms with van der Waals surface area (Å²) in [6.07, 6.45) is 0.527. The summed E-state index contributed by atoms with van der Waals surface area (Å²) in [5, 5.41) is 2.93. The molecule has 2 amide bonds. The summed E-state index contributed by atoms with van der Waals surface area (Å²) in [5.74, 6) is 0.489. The second-order valence-corrected chi connectivity index (χ2v) is 7.34. The first kappa shape index (κ1) is 19.0. The lowest BCUT2D eigenvalue weighted by atomic mass is 10.1. The number of anilines is 2. The van der Waals surface area contributed by atoms with Crippen molar-refractivity contribution in [3.8, 4) is 0 Å². The van der Waals surface area contributed by atoms with E-state index in [4.69, 9.17) is 0 Å². The molecule has 3 rings (SSSR count). The molecule has 27 heavy (non-hydrogen) atoms. The lowest BCUT2D eigenvalue weighted by Crippen LogP contribution is -2.48. The average Bonchev–Trinajstić information content (AvgIpc) is 2.68. The van der Waals surface area contributed by atoms with Crippen molar-refractivity contribution >= 4 is 23.2 Å². The third-order valence-corrected chi connectivity index (χ3v) is 4.70. The standard InChI is InChI=1S/C22H27N3O2/c1-17(2)16-21(26)23-19-8-10-20(11-9-19)24-12-14-25(15-13-24)22(27)18-6-4-3-5-7-18/h3-11,17H,12-16H2,1-2H3,(H,23,26). The van der Waals surface area contributed by atoms with Crippen LogP contribution in [0.4, 0.5) is 11.4 Å². The number of hydrogen-bond donors (Lipinski definition) is 1. The number of carbonyl (C=O) groups excluding carboxylic acids is 2. The largest absolute Gasteiger partial charge is 0.368 e. The third-order valence-electron chi connectivity index (χ3n) is 4.70. The molecule has 0 unspecified atom stereocenters. The maximum Gasteiger partial charge on any atom is 0.253 e. The van der Waals surface area contributed by atoms with E-state index in [0.717, 1.165) is 30.0 Å². The van der Waals surface area contributed by atoms with Gasteiger partial charge in [0.15, 0.2) is 0 Å². The van der Waals surface area contributed by atoms with Gasteiger partial charge in [-0.25, -0.2) is 0 Å². The summed E-state index contributed by atoms with van der Waals surface area (Å²) in [7, 11) is 0. The number of nitrogens with one attached hydrogen (secondary N) is 1. The van der Waals surface area contributed by atoms with Crippen LogP contribution < -0.4 is 10.2 Å². The molecular formula is C22H27N3O2. The Hall–Kier alpha value is -2.82. The van der Waals surface area contributed by atoms with Gasteiger partial charge in [-0.3, -0.25) is 9.59 Å². The van der Waals surface area contributed by atoms with Crippen molar-refractivity contribution in [2.75, 3.05) is 36.4 Å². The summed E-state index contributed by atoms with van der Waals surface area (Å²) < 4.78 is 0. The van der Waals surface area contributed by atoms with Crippen LogP contribution in [0.1, 0.15) is 30.6 Å².